The number of hydrogen-bond acceptors (Lipinski definition) is 3. The van der Waals surface area contributed by atoms with E-state index in [2.05, 4.69) is 0 Å². The van der Waals surface area contributed by atoms with E-state index in [1.165, 1.54) is 0 Å². The summed E-state index contributed by atoms with van der Waals surface area (Å²) >= 11 is 0. The fourth-order valence-electron chi connectivity index (χ4n) is 0.800. The molecule has 64 valence electrons. The third-order valence-corrected chi connectivity index (χ3v) is 1.42. The zero-order chi connectivity index (χ0) is 8.53. The summed E-state index contributed by atoms with van der Waals surface area (Å²) in [4.78, 5) is 20.6. The summed E-state index contributed by atoms with van der Waals surface area (Å²) < 4.78 is 0. The number of aldehydes is 1. The Kier molecular flexibility index (Phi) is 6.94. The van der Waals surface area contributed by atoms with E-state index in [1.807, 2.05) is 0 Å². The SMILES string of the molecule is O=CCCCCC(=O)CCO. The molecule has 0 amide bonds. The van der Waals surface area contributed by atoms with Gasteiger partial charge < -0.3 is 9.90 Å². The van der Waals surface area contributed by atoms with Crippen LogP contribution in [0.2, 0.25) is 0 Å². The number of unbranched alkanes of at least 4 members (excludes halogenated alkanes) is 2. The lowest BCUT2D eigenvalue weighted by Crippen LogP contribution is -2.00. The largest absolute Gasteiger partial charge is 0.396 e. The van der Waals surface area contributed by atoms with Crippen LogP contribution in [-0.2, 0) is 9.59 Å². The Morgan fingerprint density at radius 2 is 2.00 bits per heavy atom. The lowest BCUT2D eigenvalue weighted by atomic mass is 10.1. The molecule has 0 aromatic carbocycles. The number of hydrogen-bond donors (Lipinski definition) is 1. The van der Waals surface area contributed by atoms with Crippen molar-refractivity contribution in [3.63, 3.8) is 0 Å². The Labute approximate surface area is 66.4 Å². The molecule has 0 radical (unpaired) electrons. The van der Waals surface area contributed by atoms with Gasteiger partial charge in [-0.05, 0) is 12.8 Å². The second-order valence-corrected chi connectivity index (χ2v) is 2.42. The Bertz CT molecular complexity index is 121. The predicted molar refractivity (Wildman–Crippen MR) is 41.2 cm³/mol. The summed E-state index contributed by atoms with van der Waals surface area (Å²) in [6.45, 7) is -0.0630. The highest BCUT2D eigenvalue weighted by atomic mass is 16.3. The minimum Gasteiger partial charge on any atom is -0.396 e. The summed E-state index contributed by atoms with van der Waals surface area (Å²) in [5.74, 6) is 0.0819. The molecular formula is C8H14O3. The quantitative estimate of drug-likeness (QED) is 0.438. The van der Waals surface area contributed by atoms with Crippen molar-refractivity contribution in [2.45, 2.75) is 32.1 Å². The zero-order valence-corrected chi connectivity index (χ0v) is 6.58. The summed E-state index contributed by atoms with van der Waals surface area (Å²) in [5.41, 5.74) is 0. The summed E-state index contributed by atoms with van der Waals surface area (Å²) in [6.07, 6.45) is 3.68. The molecule has 0 bridgehead atoms. The van der Waals surface area contributed by atoms with Crippen LogP contribution in [0.1, 0.15) is 32.1 Å². The molecule has 0 aliphatic rings. The third-order valence-electron chi connectivity index (χ3n) is 1.42. The van der Waals surface area contributed by atoms with Crippen molar-refractivity contribution in [1.82, 2.24) is 0 Å². The molecule has 1 N–H and O–H groups in total. The zero-order valence-electron chi connectivity index (χ0n) is 6.58. The third kappa shape index (κ3) is 7.19. The maximum atomic E-state index is 10.8. The maximum absolute atomic E-state index is 10.8. The van der Waals surface area contributed by atoms with Crippen molar-refractivity contribution in [2.24, 2.45) is 0 Å². The van der Waals surface area contributed by atoms with Crippen LogP contribution in [0, 0.1) is 0 Å². The Morgan fingerprint density at radius 1 is 1.27 bits per heavy atom. The Morgan fingerprint density at radius 3 is 2.55 bits per heavy atom. The van der Waals surface area contributed by atoms with E-state index in [1.54, 1.807) is 0 Å². The van der Waals surface area contributed by atoms with Crippen LogP contribution in [0.3, 0.4) is 0 Å². The van der Waals surface area contributed by atoms with Crippen LogP contribution < -0.4 is 0 Å². The first-order valence-electron chi connectivity index (χ1n) is 3.87. The highest BCUT2D eigenvalue weighted by Gasteiger charge is 1.99. The predicted octanol–water partition coefficient (Wildman–Crippen LogP) is 0.697. The highest BCUT2D eigenvalue weighted by Crippen LogP contribution is 2.00. The number of aliphatic hydroxyl groups is 1. The van der Waals surface area contributed by atoms with Crippen molar-refractivity contribution >= 4 is 12.1 Å². The number of aliphatic hydroxyl groups excluding tert-OH is 1. The van der Waals surface area contributed by atoms with E-state index in [4.69, 9.17) is 5.11 Å². The number of carbonyl (C=O) groups excluding carboxylic acids is 2. The lowest BCUT2D eigenvalue weighted by Gasteiger charge is -1.95. The van der Waals surface area contributed by atoms with Crippen molar-refractivity contribution < 1.29 is 14.7 Å². The van der Waals surface area contributed by atoms with Crippen molar-refractivity contribution in [2.75, 3.05) is 6.61 Å². The molecule has 0 spiro atoms. The molecule has 0 aliphatic carbocycles. The average molecular weight is 158 g/mol. The van der Waals surface area contributed by atoms with E-state index in [-0.39, 0.29) is 18.8 Å². The highest BCUT2D eigenvalue weighted by molar-refractivity contribution is 5.78. The molecular weight excluding hydrogens is 144 g/mol. The van der Waals surface area contributed by atoms with Gasteiger partial charge in [0.05, 0.1) is 0 Å². The molecule has 0 saturated heterocycles. The normalized spacial score (nSPS) is 9.55. The molecule has 0 rings (SSSR count). The van der Waals surface area contributed by atoms with Gasteiger partial charge in [0.25, 0.3) is 0 Å². The van der Waals surface area contributed by atoms with Crippen LogP contribution in [0.4, 0.5) is 0 Å². The first-order chi connectivity index (χ1) is 5.31. The topological polar surface area (TPSA) is 54.4 Å². The Balaban J connectivity index is 3.10. The van der Waals surface area contributed by atoms with E-state index < -0.39 is 0 Å². The second kappa shape index (κ2) is 7.41. The average Bonchev–Trinajstić information content (AvgIpc) is 1.99. The van der Waals surface area contributed by atoms with Crippen LogP contribution in [-0.4, -0.2) is 23.8 Å². The van der Waals surface area contributed by atoms with Crippen molar-refractivity contribution in [3.05, 3.63) is 0 Å². The molecule has 0 aromatic heterocycles. The van der Waals surface area contributed by atoms with Gasteiger partial charge in [0, 0.05) is 25.9 Å². The molecule has 0 fully saturated rings. The Hall–Kier alpha value is -0.700. The number of Topliss-reactive ketones (excluding diaryl/α,β-unsaturated/α-hetero) is 1. The number of ketones is 1. The molecule has 0 atom stereocenters. The van der Waals surface area contributed by atoms with E-state index in [0.29, 0.717) is 12.8 Å². The maximum Gasteiger partial charge on any atom is 0.135 e. The molecule has 0 aliphatic heterocycles. The molecule has 3 nitrogen and oxygen atoms in total. The van der Waals surface area contributed by atoms with E-state index in [0.717, 1.165) is 19.1 Å². The van der Waals surface area contributed by atoms with Gasteiger partial charge in [0.15, 0.2) is 0 Å². The van der Waals surface area contributed by atoms with Crippen molar-refractivity contribution in [1.29, 1.82) is 0 Å². The molecule has 0 unspecified atom stereocenters. The molecule has 3 heteroatoms. The minimum absolute atomic E-state index is 0.0630. The van der Waals surface area contributed by atoms with Crippen LogP contribution in [0.25, 0.3) is 0 Å². The number of carbonyl (C=O) groups is 2. The fraction of sp³-hybridized carbons (Fsp3) is 0.750. The van der Waals surface area contributed by atoms with Crippen LogP contribution in [0.15, 0.2) is 0 Å². The van der Waals surface area contributed by atoms with Gasteiger partial charge in [-0.15, -0.1) is 0 Å². The molecule has 0 saturated carbocycles. The van der Waals surface area contributed by atoms with Gasteiger partial charge in [0.2, 0.25) is 0 Å². The number of rotatable bonds is 7. The first-order valence-corrected chi connectivity index (χ1v) is 3.87. The van der Waals surface area contributed by atoms with E-state index in [9.17, 15) is 9.59 Å². The van der Waals surface area contributed by atoms with Crippen LogP contribution >= 0.6 is 0 Å². The monoisotopic (exact) mass is 158 g/mol. The van der Waals surface area contributed by atoms with Gasteiger partial charge in [-0.1, -0.05) is 0 Å². The van der Waals surface area contributed by atoms with Gasteiger partial charge >= 0.3 is 0 Å². The molecule has 0 heterocycles. The molecule has 11 heavy (non-hydrogen) atoms. The van der Waals surface area contributed by atoms with Crippen LogP contribution in [0.5, 0.6) is 0 Å². The standard InChI is InChI=1S/C8H14O3/c9-6-3-1-2-4-8(11)5-7-10/h6,10H,1-5,7H2. The van der Waals surface area contributed by atoms with Gasteiger partial charge in [0.1, 0.15) is 12.1 Å². The second-order valence-electron chi connectivity index (χ2n) is 2.42. The summed E-state index contributed by atoms with van der Waals surface area (Å²) in [5, 5.41) is 8.36. The first kappa shape index (κ1) is 10.3. The smallest absolute Gasteiger partial charge is 0.135 e. The van der Waals surface area contributed by atoms with Gasteiger partial charge in [-0.25, -0.2) is 0 Å². The summed E-state index contributed by atoms with van der Waals surface area (Å²) in [6, 6.07) is 0. The molecule has 0 aromatic rings. The fourth-order valence-corrected chi connectivity index (χ4v) is 0.800. The lowest BCUT2D eigenvalue weighted by molar-refractivity contribution is -0.120. The summed E-state index contributed by atoms with van der Waals surface area (Å²) in [7, 11) is 0. The van der Waals surface area contributed by atoms with Crippen molar-refractivity contribution in [3.8, 4) is 0 Å². The van der Waals surface area contributed by atoms with Gasteiger partial charge in [-0.2, -0.15) is 0 Å². The van der Waals surface area contributed by atoms with E-state index >= 15 is 0 Å². The van der Waals surface area contributed by atoms with Gasteiger partial charge in [-0.3, -0.25) is 4.79 Å². The minimum atomic E-state index is -0.0630.